The number of pyridine rings is 1. The molecule has 0 bridgehead atoms. The first-order valence-corrected chi connectivity index (χ1v) is 6.38. The summed E-state index contributed by atoms with van der Waals surface area (Å²) in [6.45, 7) is 3.10. The SMILES string of the molecule is CC[C@@H](C)NC(=O)NC(=O)COC(=O)c1cc[n+]([O-])cc1. The van der Waals surface area contributed by atoms with Gasteiger partial charge in [0.15, 0.2) is 19.0 Å². The van der Waals surface area contributed by atoms with Crippen molar-refractivity contribution in [3.05, 3.63) is 35.3 Å². The van der Waals surface area contributed by atoms with Gasteiger partial charge >= 0.3 is 12.0 Å². The van der Waals surface area contributed by atoms with Crippen molar-refractivity contribution in [2.24, 2.45) is 0 Å². The van der Waals surface area contributed by atoms with Gasteiger partial charge in [-0.25, -0.2) is 9.59 Å². The summed E-state index contributed by atoms with van der Waals surface area (Å²) in [6.07, 6.45) is 3.00. The van der Waals surface area contributed by atoms with Gasteiger partial charge in [-0.05, 0) is 13.3 Å². The molecule has 0 aliphatic carbocycles. The molecule has 8 heteroatoms. The molecule has 1 atom stereocenters. The molecule has 0 saturated carbocycles. The highest BCUT2D eigenvalue weighted by Crippen LogP contribution is 1.98. The van der Waals surface area contributed by atoms with Crippen molar-refractivity contribution in [1.29, 1.82) is 0 Å². The summed E-state index contributed by atoms with van der Waals surface area (Å²) in [4.78, 5) is 34.3. The zero-order valence-corrected chi connectivity index (χ0v) is 11.8. The minimum atomic E-state index is -0.756. The van der Waals surface area contributed by atoms with Gasteiger partial charge in [-0.3, -0.25) is 10.1 Å². The van der Waals surface area contributed by atoms with Crippen LogP contribution >= 0.6 is 0 Å². The number of rotatable bonds is 5. The number of nitrogens with zero attached hydrogens (tertiary/aromatic N) is 1. The number of ether oxygens (including phenoxy) is 1. The second-order valence-corrected chi connectivity index (χ2v) is 4.35. The highest BCUT2D eigenvalue weighted by Gasteiger charge is 2.13. The number of hydrogen-bond acceptors (Lipinski definition) is 5. The largest absolute Gasteiger partial charge is 0.619 e. The lowest BCUT2D eigenvalue weighted by atomic mass is 10.3. The average Bonchev–Trinajstić information content (AvgIpc) is 2.45. The quantitative estimate of drug-likeness (QED) is 0.454. The maximum atomic E-state index is 11.6. The number of carbonyl (C=O) groups excluding carboxylic acids is 3. The van der Waals surface area contributed by atoms with E-state index in [1.54, 1.807) is 6.92 Å². The molecule has 0 saturated heterocycles. The zero-order chi connectivity index (χ0) is 15.8. The van der Waals surface area contributed by atoms with Gasteiger partial charge in [0.2, 0.25) is 0 Å². The summed E-state index contributed by atoms with van der Waals surface area (Å²) in [5.41, 5.74) is 0.138. The Morgan fingerprint density at radius 3 is 2.52 bits per heavy atom. The van der Waals surface area contributed by atoms with E-state index in [1.165, 1.54) is 12.1 Å². The van der Waals surface area contributed by atoms with Crippen LogP contribution in [0.1, 0.15) is 30.6 Å². The third kappa shape index (κ3) is 5.89. The zero-order valence-electron chi connectivity index (χ0n) is 11.8. The van der Waals surface area contributed by atoms with Crippen molar-refractivity contribution in [2.75, 3.05) is 6.61 Å². The van der Waals surface area contributed by atoms with Crippen LogP contribution in [0, 0.1) is 5.21 Å². The van der Waals surface area contributed by atoms with Crippen LogP contribution in [0.3, 0.4) is 0 Å². The molecule has 1 aromatic heterocycles. The number of aromatic nitrogens is 1. The topological polar surface area (TPSA) is 111 Å². The van der Waals surface area contributed by atoms with E-state index in [-0.39, 0.29) is 11.6 Å². The highest BCUT2D eigenvalue weighted by atomic mass is 16.5. The Bertz CT molecular complexity index is 515. The summed E-state index contributed by atoms with van der Waals surface area (Å²) in [7, 11) is 0. The molecule has 0 radical (unpaired) electrons. The molecule has 21 heavy (non-hydrogen) atoms. The van der Waals surface area contributed by atoms with E-state index in [9.17, 15) is 19.6 Å². The van der Waals surface area contributed by atoms with E-state index >= 15 is 0 Å². The van der Waals surface area contributed by atoms with Gasteiger partial charge in [0.25, 0.3) is 5.91 Å². The minimum absolute atomic E-state index is 0.0662. The molecule has 0 aliphatic rings. The van der Waals surface area contributed by atoms with Crippen LogP contribution in [-0.4, -0.2) is 30.6 Å². The van der Waals surface area contributed by atoms with Crippen LogP contribution in [0.25, 0.3) is 0 Å². The van der Waals surface area contributed by atoms with Crippen LogP contribution in [0.2, 0.25) is 0 Å². The fourth-order valence-electron chi connectivity index (χ4n) is 1.29. The maximum Gasteiger partial charge on any atom is 0.339 e. The Morgan fingerprint density at radius 1 is 1.33 bits per heavy atom. The first-order valence-electron chi connectivity index (χ1n) is 6.38. The molecule has 1 aromatic rings. The highest BCUT2D eigenvalue weighted by molar-refractivity contribution is 5.97. The Balaban J connectivity index is 2.37. The molecule has 8 nitrogen and oxygen atoms in total. The number of nitrogens with one attached hydrogen (secondary N) is 2. The fraction of sp³-hybridized carbons (Fsp3) is 0.385. The van der Waals surface area contributed by atoms with E-state index in [4.69, 9.17) is 4.74 Å². The molecule has 0 spiro atoms. The minimum Gasteiger partial charge on any atom is -0.619 e. The molecule has 0 aromatic carbocycles. The molecular formula is C13H17N3O5. The Labute approximate surface area is 121 Å². The van der Waals surface area contributed by atoms with E-state index < -0.39 is 24.5 Å². The van der Waals surface area contributed by atoms with Gasteiger partial charge in [-0.1, -0.05) is 6.92 Å². The van der Waals surface area contributed by atoms with Crippen LogP contribution in [-0.2, 0) is 9.53 Å². The monoisotopic (exact) mass is 295 g/mol. The number of esters is 1. The second kappa shape index (κ2) is 7.83. The number of carbonyl (C=O) groups is 3. The van der Waals surface area contributed by atoms with Crippen LogP contribution in [0.4, 0.5) is 4.79 Å². The van der Waals surface area contributed by atoms with Crippen molar-refractivity contribution in [3.63, 3.8) is 0 Å². The third-order valence-electron chi connectivity index (χ3n) is 2.61. The fourth-order valence-corrected chi connectivity index (χ4v) is 1.29. The van der Waals surface area contributed by atoms with Gasteiger partial charge in [0.1, 0.15) is 0 Å². The molecule has 1 rings (SSSR count). The lowest BCUT2D eigenvalue weighted by Crippen LogP contribution is -2.44. The molecule has 3 amide bonds. The lowest BCUT2D eigenvalue weighted by molar-refractivity contribution is -0.605. The molecular weight excluding hydrogens is 278 g/mol. The first kappa shape index (κ1) is 16.4. The van der Waals surface area contributed by atoms with Gasteiger partial charge in [0.05, 0.1) is 5.56 Å². The first-order chi connectivity index (χ1) is 9.92. The van der Waals surface area contributed by atoms with E-state index in [0.29, 0.717) is 4.73 Å². The number of amides is 3. The Morgan fingerprint density at radius 2 is 1.95 bits per heavy atom. The third-order valence-corrected chi connectivity index (χ3v) is 2.61. The molecule has 0 aliphatic heterocycles. The van der Waals surface area contributed by atoms with Crippen LogP contribution in [0.5, 0.6) is 0 Å². The summed E-state index contributed by atoms with van der Waals surface area (Å²) in [6, 6.07) is 1.83. The van der Waals surface area contributed by atoms with Crippen molar-refractivity contribution in [2.45, 2.75) is 26.3 Å². The van der Waals surface area contributed by atoms with E-state index in [1.807, 2.05) is 12.2 Å². The van der Waals surface area contributed by atoms with Gasteiger partial charge in [0, 0.05) is 18.2 Å². The van der Waals surface area contributed by atoms with Gasteiger partial charge in [-0.2, -0.15) is 4.73 Å². The van der Waals surface area contributed by atoms with Crippen molar-refractivity contribution >= 4 is 17.9 Å². The molecule has 114 valence electrons. The van der Waals surface area contributed by atoms with Gasteiger partial charge in [-0.15, -0.1) is 0 Å². The smallest absolute Gasteiger partial charge is 0.339 e. The Hall–Kier alpha value is -2.64. The summed E-state index contributed by atoms with van der Waals surface area (Å²) in [5.74, 6) is -1.49. The molecule has 1 heterocycles. The number of imide groups is 1. The lowest BCUT2D eigenvalue weighted by Gasteiger charge is -2.11. The van der Waals surface area contributed by atoms with Crippen molar-refractivity contribution in [1.82, 2.24) is 10.6 Å². The van der Waals surface area contributed by atoms with E-state index in [2.05, 4.69) is 5.32 Å². The second-order valence-electron chi connectivity index (χ2n) is 4.35. The predicted octanol–water partition coefficient (Wildman–Crippen LogP) is 0.101. The number of hydrogen-bond donors (Lipinski definition) is 2. The van der Waals surface area contributed by atoms with Crippen molar-refractivity contribution in [3.8, 4) is 0 Å². The number of urea groups is 1. The molecule has 2 N–H and O–H groups in total. The van der Waals surface area contributed by atoms with E-state index in [0.717, 1.165) is 18.8 Å². The van der Waals surface area contributed by atoms with Crippen molar-refractivity contribution < 1.29 is 23.9 Å². The normalized spacial score (nSPS) is 11.3. The maximum absolute atomic E-state index is 11.6. The van der Waals surface area contributed by atoms with Crippen LogP contribution in [0.15, 0.2) is 24.5 Å². The predicted molar refractivity (Wildman–Crippen MR) is 72.1 cm³/mol. The molecule has 0 fully saturated rings. The summed E-state index contributed by atoms with van der Waals surface area (Å²) >= 11 is 0. The average molecular weight is 295 g/mol. The van der Waals surface area contributed by atoms with Gasteiger partial charge < -0.3 is 15.3 Å². The summed E-state index contributed by atoms with van der Waals surface area (Å²) in [5, 5.41) is 15.4. The van der Waals surface area contributed by atoms with Crippen LogP contribution < -0.4 is 15.4 Å². The Kier molecular flexibility index (Phi) is 6.12. The molecule has 0 unspecified atom stereocenters. The standard InChI is InChI=1S/C13H17N3O5/c1-3-9(2)14-13(19)15-11(17)8-21-12(18)10-4-6-16(20)7-5-10/h4-7,9H,3,8H2,1-2H3,(H2,14,15,17,19)/t9-/m1/s1. The summed E-state index contributed by atoms with van der Waals surface area (Å²) < 4.78 is 5.24.